The number of rotatable bonds is 5. The molecule has 3 aromatic rings. The number of hydrogen-bond donors (Lipinski definition) is 0. The van der Waals surface area contributed by atoms with Gasteiger partial charge < -0.3 is 4.42 Å². The van der Waals surface area contributed by atoms with E-state index in [2.05, 4.69) is 10.2 Å². The topological polar surface area (TPSA) is 76.3 Å². The van der Waals surface area contributed by atoms with Gasteiger partial charge >= 0.3 is 0 Å². The average molecular weight is 398 g/mol. The standard InChI is InChI=1S/C21H23N3O3S/c1-16-7-9-18(10-8-16)20-22-23-21(27-20)19-11-13-24(14-12-19)28(25,26)15-17-5-3-2-4-6-17/h2-10,19H,11-15H2,1H3. The monoisotopic (exact) mass is 397 g/mol. The minimum Gasteiger partial charge on any atom is -0.420 e. The summed E-state index contributed by atoms with van der Waals surface area (Å²) in [6.07, 6.45) is 1.37. The number of nitrogens with zero attached hydrogens (tertiary/aromatic N) is 3. The van der Waals surface area contributed by atoms with Gasteiger partial charge in [0.2, 0.25) is 21.8 Å². The van der Waals surface area contributed by atoms with E-state index in [1.165, 1.54) is 5.56 Å². The molecule has 0 spiro atoms. The molecule has 0 radical (unpaired) electrons. The third kappa shape index (κ3) is 4.15. The first-order valence-corrected chi connectivity index (χ1v) is 11.0. The molecule has 0 amide bonds. The van der Waals surface area contributed by atoms with Gasteiger partial charge in [-0.15, -0.1) is 10.2 Å². The van der Waals surface area contributed by atoms with E-state index in [0.29, 0.717) is 37.7 Å². The molecular formula is C21H23N3O3S. The zero-order valence-electron chi connectivity index (χ0n) is 15.8. The number of hydrogen-bond acceptors (Lipinski definition) is 5. The van der Waals surface area contributed by atoms with Crippen LogP contribution in [0.25, 0.3) is 11.5 Å². The van der Waals surface area contributed by atoms with Gasteiger partial charge in [-0.3, -0.25) is 0 Å². The lowest BCUT2D eigenvalue weighted by atomic mass is 9.98. The third-order valence-corrected chi connectivity index (χ3v) is 6.98. The molecule has 1 aliphatic heterocycles. The number of sulfonamides is 1. The minimum atomic E-state index is -3.32. The van der Waals surface area contributed by atoms with Crippen molar-refractivity contribution in [2.45, 2.75) is 31.4 Å². The fraction of sp³-hybridized carbons (Fsp3) is 0.333. The highest BCUT2D eigenvalue weighted by molar-refractivity contribution is 7.88. The zero-order valence-corrected chi connectivity index (χ0v) is 16.6. The summed E-state index contributed by atoms with van der Waals surface area (Å²) in [7, 11) is -3.32. The van der Waals surface area contributed by atoms with Crippen molar-refractivity contribution in [3.63, 3.8) is 0 Å². The largest absolute Gasteiger partial charge is 0.420 e. The number of piperidine rings is 1. The van der Waals surface area contributed by atoms with E-state index in [9.17, 15) is 8.42 Å². The van der Waals surface area contributed by atoms with Gasteiger partial charge in [0.1, 0.15) is 0 Å². The predicted molar refractivity (Wildman–Crippen MR) is 107 cm³/mol. The van der Waals surface area contributed by atoms with E-state index < -0.39 is 10.0 Å². The summed E-state index contributed by atoms with van der Waals surface area (Å²) in [5.41, 5.74) is 2.88. The van der Waals surface area contributed by atoms with Crippen molar-refractivity contribution in [1.82, 2.24) is 14.5 Å². The van der Waals surface area contributed by atoms with Gasteiger partial charge in [0.15, 0.2) is 0 Å². The number of benzene rings is 2. The Morgan fingerprint density at radius 3 is 2.36 bits per heavy atom. The van der Waals surface area contributed by atoms with Crippen molar-refractivity contribution in [2.24, 2.45) is 0 Å². The Labute approximate surface area is 165 Å². The van der Waals surface area contributed by atoms with Crippen molar-refractivity contribution >= 4 is 10.0 Å². The Morgan fingerprint density at radius 1 is 1.00 bits per heavy atom. The van der Waals surface area contributed by atoms with Crippen molar-refractivity contribution in [3.8, 4) is 11.5 Å². The molecule has 1 fully saturated rings. The highest BCUT2D eigenvalue weighted by atomic mass is 32.2. The second-order valence-electron chi connectivity index (χ2n) is 7.23. The quantitative estimate of drug-likeness (QED) is 0.655. The molecule has 0 unspecified atom stereocenters. The Balaban J connectivity index is 1.40. The van der Waals surface area contributed by atoms with Crippen LogP contribution in [0.4, 0.5) is 0 Å². The number of aryl methyl sites for hydroxylation is 1. The van der Waals surface area contributed by atoms with Crippen molar-refractivity contribution in [1.29, 1.82) is 0 Å². The fourth-order valence-electron chi connectivity index (χ4n) is 3.47. The molecule has 0 aliphatic carbocycles. The van der Waals surface area contributed by atoms with Crippen molar-refractivity contribution in [3.05, 3.63) is 71.6 Å². The average Bonchev–Trinajstić information content (AvgIpc) is 3.19. The highest BCUT2D eigenvalue weighted by Crippen LogP contribution is 2.30. The van der Waals surface area contributed by atoms with Crippen LogP contribution in [0.2, 0.25) is 0 Å². The van der Waals surface area contributed by atoms with E-state index in [0.717, 1.165) is 11.1 Å². The first-order valence-electron chi connectivity index (χ1n) is 9.43. The van der Waals surface area contributed by atoms with Crippen LogP contribution in [-0.4, -0.2) is 36.0 Å². The molecular weight excluding hydrogens is 374 g/mol. The Morgan fingerprint density at radius 2 is 1.68 bits per heavy atom. The van der Waals surface area contributed by atoms with Crippen LogP contribution in [0.1, 0.15) is 35.8 Å². The molecule has 1 saturated heterocycles. The lowest BCUT2D eigenvalue weighted by molar-refractivity contribution is 0.291. The molecule has 1 aromatic heterocycles. The molecule has 2 heterocycles. The Hall–Kier alpha value is -2.51. The van der Waals surface area contributed by atoms with E-state index in [4.69, 9.17) is 4.42 Å². The van der Waals surface area contributed by atoms with Gasteiger partial charge in [-0.2, -0.15) is 0 Å². The first-order chi connectivity index (χ1) is 13.5. The summed E-state index contributed by atoms with van der Waals surface area (Å²) in [4.78, 5) is 0. The third-order valence-electron chi connectivity index (χ3n) is 5.13. The SMILES string of the molecule is Cc1ccc(-c2nnc(C3CCN(S(=O)(=O)Cc4ccccc4)CC3)o2)cc1. The molecule has 7 heteroatoms. The van der Waals surface area contributed by atoms with Gasteiger partial charge in [0.05, 0.1) is 5.75 Å². The predicted octanol–water partition coefficient (Wildman–Crippen LogP) is 3.75. The maximum absolute atomic E-state index is 12.7. The molecule has 0 saturated carbocycles. The lowest BCUT2D eigenvalue weighted by Crippen LogP contribution is -2.38. The molecule has 0 N–H and O–H groups in total. The maximum Gasteiger partial charge on any atom is 0.247 e. The summed E-state index contributed by atoms with van der Waals surface area (Å²) in [5, 5.41) is 8.38. The van der Waals surface area contributed by atoms with Crippen LogP contribution >= 0.6 is 0 Å². The molecule has 28 heavy (non-hydrogen) atoms. The van der Waals surface area contributed by atoms with E-state index in [1.54, 1.807) is 4.31 Å². The van der Waals surface area contributed by atoms with Crippen molar-refractivity contribution in [2.75, 3.05) is 13.1 Å². The zero-order chi connectivity index (χ0) is 19.6. The molecule has 6 nitrogen and oxygen atoms in total. The number of aromatic nitrogens is 2. The van der Waals surface area contributed by atoms with Crippen LogP contribution in [0.15, 0.2) is 59.0 Å². The smallest absolute Gasteiger partial charge is 0.247 e. The van der Waals surface area contributed by atoms with E-state index in [1.807, 2.05) is 61.5 Å². The normalized spacial score (nSPS) is 16.3. The van der Waals surface area contributed by atoms with Gasteiger partial charge in [-0.1, -0.05) is 48.0 Å². The summed E-state index contributed by atoms with van der Waals surface area (Å²) in [5.74, 6) is 1.23. The summed E-state index contributed by atoms with van der Waals surface area (Å²) in [6.45, 7) is 2.98. The van der Waals surface area contributed by atoms with Gasteiger partial charge in [-0.25, -0.2) is 12.7 Å². The first kappa shape index (κ1) is 18.8. The second-order valence-corrected chi connectivity index (χ2v) is 9.20. The van der Waals surface area contributed by atoms with Crippen LogP contribution in [0.5, 0.6) is 0 Å². The van der Waals surface area contributed by atoms with Gasteiger partial charge in [-0.05, 0) is 37.5 Å². The Kier molecular flexibility index (Phi) is 5.28. The van der Waals surface area contributed by atoms with Crippen LogP contribution in [0.3, 0.4) is 0 Å². The summed E-state index contributed by atoms with van der Waals surface area (Å²) in [6, 6.07) is 17.2. The van der Waals surface area contributed by atoms with Crippen LogP contribution in [-0.2, 0) is 15.8 Å². The van der Waals surface area contributed by atoms with Crippen molar-refractivity contribution < 1.29 is 12.8 Å². The van der Waals surface area contributed by atoms with Crippen LogP contribution in [0, 0.1) is 6.92 Å². The highest BCUT2D eigenvalue weighted by Gasteiger charge is 2.31. The second kappa shape index (κ2) is 7.85. The summed E-state index contributed by atoms with van der Waals surface area (Å²) < 4.78 is 32.8. The minimum absolute atomic E-state index is 0.0383. The van der Waals surface area contributed by atoms with Crippen LogP contribution < -0.4 is 0 Å². The van der Waals surface area contributed by atoms with Gasteiger partial charge in [0.25, 0.3) is 0 Å². The molecule has 0 atom stereocenters. The molecule has 0 bridgehead atoms. The Bertz CT molecular complexity index is 1020. The molecule has 4 rings (SSSR count). The summed E-state index contributed by atoms with van der Waals surface area (Å²) >= 11 is 0. The fourth-order valence-corrected chi connectivity index (χ4v) is 5.03. The lowest BCUT2D eigenvalue weighted by Gasteiger charge is -2.29. The maximum atomic E-state index is 12.7. The molecule has 2 aromatic carbocycles. The van der Waals surface area contributed by atoms with E-state index in [-0.39, 0.29) is 11.7 Å². The molecule has 1 aliphatic rings. The van der Waals surface area contributed by atoms with E-state index >= 15 is 0 Å². The van der Waals surface area contributed by atoms with Gasteiger partial charge in [0, 0.05) is 24.6 Å². The molecule has 146 valence electrons.